The van der Waals surface area contributed by atoms with Gasteiger partial charge in [0, 0.05) is 12.1 Å². The number of likely N-dealkylation sites (N-methyl/N-ethyl adjacent to an activating group) is 1. The third kappa shape index (κ3) is 12.6. The van der Waals surface area contributed by atoms with E-state index >= 15 is 0 Å². The number of nitro groups is 1. The Balaban J connectivity index is 2.09. The van der Waals surface area contributed by atoms with Gasteiger partial charge in [-0.25, -0.2) is 4.79 Å². The Labute approximate surface area is 182 Å². The Morgan fingerprint density at radius 2 is 1.33 bits per heavy atom. The molecule has 6 heteroatoms. The van der Waals surface area contributed by atoms with Gasteiger partial charge in [-0.1, -0.05) is 71.1 Å². The zero-order chi connectivity index (χ0) is 22.2. The summed E-state index contributed by atoms with van der Waals surface area (Å²) in [6.07, 6.45) is 15.8. The Morgan fingerprint density at radius 3 is 1.80 bits per heavy atom. The molecule has 0 aliphatic heterocycles. The van der Waals surface area contributed by atoms with Crippen molar-refractivity contribution >= 4 is 11.7 Å². The lowest BCUT2D eigenvalue weighted by molar-refractivity contribution is -0.883. The minimum absolute atomic E-state index is 0.0158. The predicted octanol–water partition coefficient (Wildman–Crippen LogP) is 6.28. The molecular formula is C24H41N2O4+. The summed E-state index contributed by atoms with van der Waals surface area (Å²) in [4.78, 5) is 22.4. The van der Waals surface area contributed by atoms with E-state index in [1.165, 1.54) is 94.9 Å². The minimum Gasteiger partial charge on any atom is -0.422 e. The quantitative estimate of drug-likeness (QED) is 0.0741. The van der Waals surface area contributed by atoms with E-state index in [0.717, 1.165) is 13.0 Å². The number of ether oxygens (including phenoxy) is 1. The van der Waals surface area contributed by atoms with Gasteiger partial charge in [0.2, 0.25) is 0 Å². The summed E-state index contributed by atoms with van der Waals surface area (Å²) in [5, 5.41) is 10.7. The van der Waals surface area contributed by atoms with Crippen LogP contribution in [0.1, 0.15) is 84.0 Å². The Kier molecular flexibility index (Phi) is 13.0. The molecule has 0 radical (unpaired) electrons. The number of unbranched alkanes of at least 4 members (excludes halogenated alkanes) is 11. The average Bonchev–Trinajstić information content (AvgIpc) is 2.68. The van der Waals surface area contributed by atoms with Crippen LogP contribution in [0.3, 0.4) is 0 Å². The monoisotopic (exact) mass is 421 g/mol. The van der Waals surface area contributed by atoms with Gasteiger partial charge in [-0.3, -0.25) is 10.1 Å². The van der Waals surface area contributed by atoms with Crippen LogP contribution < -0.4 is 4.74 Å². The van der Waals surface area contributed by atoms with Gasteiger partial charge < -0.3 is 9.22 Å². The zero-order valence-corrected chi connectivity index (χ0v) is 19.2. The molecule has 0 N–H and O–H groups in total. The average molecular weight is 422 g/mol. The predicted molar refractivity (Wildman–Crippen MR) is 122 cm³/mol. The van der Waals surface area contributed by atoms with E-state index in [1.807, 2.05) is 14.1 Å². The molecule has 170 valence electrons. The van der Waals surface area contributed by atoms with Crippen LogP contribution in [0.4, 0.5) is 5.69 Å². The number of hydrogen-bond acceptors (Lipinski definition) is 4. The first kappa shape index (κ1) is 26.1. The largest absolute Gasteiger partial charge is 0.422 e. The van der Waals surface area contributed by atoms with Gasteiger partial charge in [-0.2, -0.15) is 0 Å². The van der Waals surface area contributed by atoms with Crippen LogP contribution in [-0.2, 0) is 4.79 Å². The molecule has 6 nitrogen and oxygen atoms in total. The molecule has 0 aromatic heterocycles. The van der Waals surface area contributed by atoms with Crippen molar-refractivity contribution in [1.29, 1.82) is 0 Å². The standard InChI is InChI=1S/C24H41N2O4/c1-4-5-6-7-8-9-10-11-12-13-14-15-20-26(2,3)21-24(27)30-23-18-16-22(17-19-23)25(28)29/h16-19H,4-15,20-21H2,1-3H3/q+1. The molecule has 0 unspecified atom stereocenters. The molecule has 0 heterocycles. The number of non-ortho nitro benzene ring substituents is 1. The van der Waals surface area contributed by atoms with Gasteiger partial charge in [-0.15, -0.1) is 0 Å². The van der Waals surface area contributed by atoms with Crippen molar-refractivity contribution in [2.24, 2.45) is 0 Å². The molecule has 1 rings (SSSR count). The number of nitro benzene ring substituents is 1. The summed E-state index contributed by atoms with van der Waals surface area (Å²) < 4.78 is 5.91. The fourth-order valence-corrected chi connectivity index (χ4v) is 3.61. The smallest absolute Gasteiger partial charge is 0.367 e. The maximum atomic E-state index is 12.2. The van der Waals surface area contributed by atoms with Crippen LogP contribution in [-0.4, -0.2) is 42.6 Å². The summed E-state index contributed by atoms with van der Waals surface area (Å²) in [7, 11) is 4.07. The van der Waals surface area contributed by atoms with Crippen molar-refractivity contribution in [1.82, 2.24) is 0 Å². The molecule has 0 amide bonds. The molecular weight excluding hydrogens is 380 g/mol. The van der Waals surface area contributed by atoms with Gasteiger partial charge >= 0.3 is 5.97 Å². The van der Waals surface area contributed by atoms with E-state index in [0.29, 0.717) is 10.2 Å². The number of benzene rings is 1. The summed E-state index contributed by atoms with van der Waals surface area (Å²) in [6, 6.07) is 5.60. The van der Waals surface area contributed by atoms with E-state index in [9.17, 15) is 14.9 Å². The van der Waals surface area contributed by atoms with Crippen LogP contribution in [0.15, 0.2) is 24.3 Å². The van der Waals surface area contributed by atoms with Crippen molar-refractivity contribution in [2.45, 2.75) is 84.0 Å². The lowest BCUT2D eigenvalue weighted by Gasteiger charge is -2.28. The maximum Gasteiger partial charge on any atom is 0.367 e. The zero-order valence-electron chi connectivity index (χ0n) is 19.2. The number of esters is 1. The second-order valence-electron chi connectivity index (χ2n) is 8.93. The van der Waals surface area contributed by atoms with E-state index in [-0.39, 0.29) is 18.2 Å². The molecule has 30 heavy (non-hydrogen) atoms. The molecule has 0 aliphatic rings. The Bertz CT molecular complexity index is 614. The Morgan fingerprint density at radius 1 is 0.867 bits per heavy atom. The van der Waals surface area contributed by atoms with Crippen LogP contribution in [0, 0.1) is 10.1 Å². The van der Waals surface area contributed by atoms with Crippen molar-refractivity contribution in [3.05, 3.63) is 34.4 Å². The molecule has 1 aromatic carbocycles. The van der Waals surface area contributed by atoms with Gasteiger partial charge in [0.05, 0.1) is 25.6 Å². The third-order valence-corrected chi connectivity index (χ3v) is 5.45. The summed E-state index contributed by atoms with van der Waals surface area (Å²) in [6.45, 7) is 3.48. The third-order valence-electron chi connectivity index (χ3n) is 5.45. The van der Waals surface area contributed by atoms with Gasteiger partial charge in [0.25, 0.3) is 5.69 Å². The fraction of sp³-hybridized carbons (Fsp3) is 0.708. The summed E-state index contributed by atoms with van der Waals surface area (Å²) >= 11 is 0. The van der Waals surface area contributed by atoms with E-state index < -0.39 is 4.92 Å². The summed E-state index contributed by atoms with van der Waals surface area (Å²) in [5.41, 5.74) is -0.0158. The van der Waals surface area contributed by atoms with Crippen molar-refractivity contribution in [3.8, 4) is 5.75 Å². The lowest BCUT2D eigenvalue weighted by atomic mass is 10.1. The van der Waals surface area contributed by atoms with Gasteiger partial charge in [-0.05, 0) is 25.0 Å². The van der Waals surface area contributed by atoms with Crippen LogP contribution in [0.2, 0.25) is 0 Å². The number of carbonyl (C=O) groups is 1. The van der Waals surface area contributed by atoms with Gasteiger partial charge in [0.1, 0.15) is 5.75 Å². The second-order valence-corrected chi connectivity index (χ2v) is 8.93. The van der Waals surface area contributed by atoms with E-state index in [1.54, 1.807) is 0 Å². The number of carbonyl (C=O) groups excluding carboxylic acids is 1. The molecule has 1 aromatic rings. The first-order valence-corrected chi connectivity index (χ1v) is 11.6. The van der Waals surface area contributed by atoms with Crippen LogP contribution in [0.5, 0.6) is 5.75 Å². The lowest BCUT2D eigenvalue weighted by Crippen LogP contribution is -2.45. The Hall–Kier alpha value is -1.95. The molecule has 0 bridgehead atoms. The van der Waals surface area contributed by atoms with Crippen molar-refractivity contribution < 1.29 is 18.9 Å². The number of rotatable bonds is 17. The molecule has 0 fully saturated rings. The normalized spacial score (nSPS) is 11.4. The van der Waals surface area contributed by atoms with E-state index in [2.05, 4.69) is 6.92 Å². The van der Waals surface area contributed by atoms with Gasteiger partial charge in [0.15, 0.2) is 6.54 Å². The van der Waals surface area contributed by atoms with Crippen molar-refractivity contribution in [3.63, 3.8) is 0 Å². The molecule has 0 aliphatic carbocycles. The fourth-order valence-electron chi connectivity index (χ4n) is 3.61. The summed E-state index contributed by atoms with van der Waals surface area (Å²) in [5.74, 6) is 0.0313. The number of nitrogens with zero attached hydrogens (tertiary/aromatic N) is 2. The topological polar surface area (TPSA) is 69.4 Å². The highest BCUT2D eigenvalue weighted by atomic mass is 16.6. The minimum atomic E-state index is -0.472. The van der Waals surface area contributed by atoms with Crippen LogP contribution >= 0.6 is 0 Å². The number of hydrogen-bond donors (Lipinski definition) is 0. The molecule has 0 spiro atoms. The molecule has 0 saturated carbocycles. The SMILES string of the molecule is CCCCCCCCCCCCCC[N+](C)(C)CC(=O)Oc1ccc([N+](=O)[O-])cc1. The second kappa shape index (κ2) is 14.9. The highest BCUT2D eigenvalue weighted by Crippen LogP contribution is 2.18. The van der Waals surface area contributed by atoms with E-state index in [4.69, 9.17) is 4.74 Å². The number of quaternary nitrogens is 1. The highest BCUT2D eigenvalue weighted by Gasteiger charge is 2.21. The first-order chi connectivity index (χ1) is 14.3. The van der Waals surface area contributed by atoms with Crippen molar-refractivity contribution in [2.75, 3.05) is 27.2 Å². The molecule has 0 saturated heterocycles. The molecule has 0 atom stereocenters. The highest BCUT2D eigenvalue weighted by molar-refractivity contribution is 5.73. The first-order valence-electron chi connectivity index (χ1n) is 11.6. The van der Waals surface area contributed by atoms with Crippen LogP contribution in [0.25, 0.3) is 0 Å². The maximum absolute atomic E-state index is 12.2.